The molecule has 0 N–H and O–H groups in total. The summed E-state index contributed by atoms with van der Waals surface area (Å²) in [6.45, 7) is 3.72. The van der Waals surface area contributed by atoms with Crippen LogP contribution in [0.25, 0.3) is 0 Å². The van der Waals surface area contributed by atoms with Crippen molar-refractivity contribution in [2.24, 2.45) is 7.05 Å². The quantitative estimate of drug-likeness (QED) is 0.734. The first-order chi connectivity index (χ1) is 14.5. The molecule has 7 heteroatoms. The van der Waals surface area contributed by atoms with Gasteiger partial charge >= 0.3 is 0 Å². The average Bonchev–Trinajstić information content (AvgIpc) is 3.27. The first-order valence-corrected chi connectivity index (χ1v) is 10.8. The van der Waals surface area contributed by atoms with Crippen molar-refractivity contribution in [1.29, 1.82) is 0 Å². The molecule has 2 aromatic rings. The largest absolute Gasteiger partial charge is 0.337 e. The predicted molar refractivity (Wildman–Crippen MR) is 112 cm³/mol. The van der Waals surface area contributed by atoms with Crippen molar-refractivity contribution in [3.8, 4) is 0 Å². The summed E-state index contributed by atoms with van der Waals surface area (Å²) in [5.74, 6) is 0.0600. The highest BCUT2D eigenvalue weighted by atomic mass is 16.7. The van der Waals surface area contributed by atoms with Crippen molar-refractivity contribution < 1.29 is 14.4 Å². The standard InChI is InChI=1S/C23H30N4O3/c1-3-7-19-16-20(25(2)24-19)22(29)26-14-12-23(13-15-26)11-10-21(28)27(23)30-17-18-8-5-4-6-9-18/h4-6,8-9,16H,3,7,10-15,17H2,1-2H3. The third kappa shape index (κ3) is 3.99. The molecule has 1 aromatic heterocycles. The predicted octanol–water partition coefficient (Wildman–Crippen LogP) is 3.10. The molecule has 0 saturated carbocycles. The molecule has 1 spiro atoms. The normalized spacial score (nSPS) is 18.4. The second-order valence-corrected chi connectivity index (χ2v) is 8.36. The van der Waals surface area contributed by atoms with Crippen molar-refractivity contribution in [1.82, 2.24) is 19.7 Å². The molecule has 0 bridgehead atoms. The zero-order chi connectivity index (χ0) is 21.1. The number of rotatable bonds is 6. The number of nitrogens with zero attached hydrogens (tertiary/aromatic N) is 4. The maximum absolute atomic E-state index is 13.1. The Morgan fingerprint density at radius 1 is 1.17 bits per heavy atom. The lowest BCUT2D eigenvalue weighted by Gasteiger charge is -2.43. The van der Waals surface area contributed by atoms with Crippen molar-refractivity contribution in [3.05, 3.63) is 53.3 Å². The van der Waals surface area contributed by atoms with E-state index in [9.17, 15) is 9.59 Å². The molecule has 2 saturated heterocycles. The van der Waals surface area contributed by atoms with E-state index in [1.807, 2.05) is 48.3 Å². The molecule has 30 heavy (non-hydrogen) atoms. The van der Waals surface area contributed by atoms with Crippen LogP contribution in [0.3, 0.4) is 0 Å². The van der Waals surface area contributed by atoms with Crippen LogP contribution in [0.2, 0.25) is 0 Å². The van der Waals surface area contributed by atoms with Crippen LogP contribution in [-0.4, -0.2) is 50.2 Å². The Morgan fingerprint density at radius 3 is 2.60 bits per heavy atom. The van der Waals surface area contributed by atoms with Crippen LogP contribution in [0.5, 0.6) is 0 Å². The summed E-state index contributed by atoms with van der Waals surface area (Å²) in [5.41, 5.74) is 2.33. The number of aromatic nitrogens is 2. The van der Waals surface area contributed by atoms with Gasteiger partial charge in [0, 0.05) is 26.6 Å². The second kappa shape index (κ2) is 8.60. The Bertz CT molecular complexity index is 900. The fraction of sp³-hybridized carbons (Fsp3) is 0.522. The Kier molecular flexibility index (Phi) is 5.90. The Morgan fingerprint density at radius 2 is 1.90 bits per heavy atom. The van der Waals surface area contributed by atoms with Gasteiger partial charge in [-0.1, -0.05) is 43.7 Å². The molecule has 160 valence electrons. The Labute approximate surface area is 177 Å². The number of likely N-dealkylation sites (tertiary alicyclic amines) is 1. The highest BCUT2D eigenvalue weighted by Crippen LogP contribution is 2.39. The van der Waals surface area contributed by atoms with Gasteiger partial charge < -0.3 is 4.90 Å². The summed E-state index contributed by atoms with van der Waals surface area (Å²) in [5, 5.41) is 6.07. The number of carbonyl (C=O) groups is 2. The van der Waals surface area contributed by atoms with Crippen molar-refractivity contribution in [2.75, 3.05) is 13.1 Å². The van der Waals surface area contributed by atoms with Crippen LogP contribution in [0, 0.1) is 0 Å². The van der Waals surface area contributed by atoms with Gasteiger partial charge in [0.2, 0.25) is 5.91 Å². The van der Waals surface area contributed by atoms with E-state index in [-0.39, 0.29) is 17.4 Å². The number of amides is 2. The SMILES string of the molecule is CCCc1cc(C(=O)N2CCC3(CCC(=O)N3OCc3ccccc3)CC2)n(C)n1. The zero-order valence-corrected chi connectivity index (χ0v) is 17.8. The van der Waals surface area contributed by atoms with Crippen LogP contribution >= 0.6 is 0 Å². The van der Waals surface area contributed by atoms with E-state index in [0.717, 1.165) is 43.4 Å². The van der Waals surface area contributed by atoms with Gasteiger partial charge in [-0.3, -0.25) is 19.1 Å². The average molecular weight is 411 g/mol. The first kappa shape index (κ1) is 20.6. The van der Waals surface area contributed by atoms with Gasteiger partial charge in [-0.25, -0.2) is 5.06 Å². The van der Waals surface area contributed by atoms with Gasteiger partial charge in [0.1, 0.15) is 12.3 Å². The van der Waals surface area contributed by atoms with Crippen molar-refractivity contribution >= 4 is 11.8 Å². The van der Waals surface area contributed by atoms with Crippen LogP contribution in [-0.2, 0) is 29.7 Å². The summed E-state index contributed by atoms with van der Waals surface area (Å²) in [7, 11) is 1.83. The van der Waals surface area contributed by atoms with E-state index in [1.54, 1.807) is 9.75 Å². The summed E-state index contributed by atoms with van der Waals surface area (Å²) in [4.78, 5) is 33.5. The summed E-state index contributed by atoms with van der Waals surface area (Å²) < 4.78 is 1.69. The highest BCUT2D eigenvalue weighted by molar-refractivity contribution is 5.92. The highest BCUT2D eigenvalue weighted by Gasteiger charge is 2.49. The summed E-state index contributed by atoms with van der Waals surface area (Å²) >= 11 is 0. The lowest BCUT2D eigenvalue weighted by Crippen LogP contribution is -2.54. The molecule has 2 aliphatic heterocycles. The molecule has 3 heterocycles. The lowest BCUT2D eigenvalue weighted by atomic mass is 9.86. The second-order valence-electron chi connectivity index (χ2n) is 8.36. The number of piperidine rings is 1. The van der Waals surface area contributed by atoms with Crippen LogP contribution in [0.4, 0.5) is 0 Å². The van der Waals surface area contributed by atoms with Crippen molar-refractivity contribution in [3.63, 3.8) is 0 Å². The third-order valence-corrected chi connectivity index (χ3v) is 6.30. The minimum absolute atomic E-state index is 0.0169. The zero-order valence-electron chi connectivity index (χ0n) is 17.8. The van der Waals surface area contributed by atoms with Crippen LogP contribution in [0.15, 0.2) is 36.4 Å². The van der Waals surface area contributed by atoms with Crippen LogP contribution < -0.4 is 0 Å². The minimum atomic E-state index is -0.303. The molecule has 0 atom stereocenters. The molecule has 2 aliphatic rings. The number of hydrogen-bond donors (Lipinski definition) is 0. The molecular formula is C23H30N4O3. The third-order valence-electron chi connectivity index (χ3n) is 6.30. The smallest absolute Gasteiger partial charge is 0.272 e. The molecule has 7 nitrogen and oxygen atoms in total. The molecule has 0 unspecified atom stereocenters. The summed E-state index contributed by atoms with van der Waals surface area (Å²) in [6, 6.07) is 11.8. The van der Waals surface area contributed by atoms with Gasteiger partial charge in [0.05, 0.1) is 11.2 Å². The molecule has 0 aliphatic carbocycles. The number of aryl methyl sites for hydroxylation is 2. The van der Waals surface area contributed by atoms with E-state index < -0.39 is 0 Å². The fourth-order valence-corrected chi connectivity index (χ4v) is 4.58. The number of benzene rings is 1. The molecule has 1 aromatic carbocycles. The van der Waals surface area contributed by atoms with Crippen molar-refractivity contribution in [2.45, 2.75) is 57.6 Å². The molecule has 2 fully saturated rings. The van der Waals surface area contributed by atoms with Gasteiger partial charge in [-0.15, -0.1) is 0 Å². The maximum Gasteiger partial charge on any atom is 0.272 e. The van der Waals surface area contributed by atoms with E-state index in [1.165, 1.54) is 0 Å². The van der Waals surface area contributed by atoms with E-state index in [0.29, 0.717) is 31.8 Å². The lowest BCUT2D eigenvalue weighted by molar-refractivity contribution is -0.221. The molecule has 2 amide bonds. The number of hydrogen-bond acceptors (Lipinski definition) is 4. The number of carbonyl (C=O) groups excluding carboxylic acids is 2. The Balaban J connectivity index is 1.40. The van der Waals surface area contributed by atoms with Crippen LogP contribution in [0.1, 0.15) is 60.8 Å². The fourth-order valence-electron chi connectivity index (χ4n) is 4.58. The molecule has 4 rings (SSSR count). The number of hydroxylamine groups is 2. The maximum atomic E-state index is 13.1. The van der Waals surface area contributed by atoms with E-state index in [2.05, 4.69) is 12.0 Å². The van der Waals surface area contributed by atoms with E-state index in [4.69, 9.17) is 4.84 Å². The topological polar surface area (TPSA) is 67.7 Å². The van der Waals surface area contributed by atoms with Gasteiger partial charge in [-0.2, -0.15) is 5.10 Å². The molecule has 0 radical (unpaired) electrons. The Hall–Kier alpha value is -2.67. The van der Waals surface area contributed by atoms with E-state index >= 15 is 0 Å². The van der Waals surface area contributed by atoms with Gasteiger partial charge in [-0.05, 0) is 37.3 Å². The van der Waals surface area contributed by atoms with Gasteiger partial charge in [0.15, 0.2) is 0 Å². The minimum Gasteiger partial charge on any atom is -0.337 e. The monoisotopic (exact) mass is 410 g/mol. The first-order valence-electron chi connectivity index (χ1n) is 10.8. The summed E-state index contributed by atoms with van der Waals surface area (Å²) in [6.07, 6.45) is 4.64. The van der Waals surface area contributed by atoms with Gasteiger partial charge in [0.25, 0.3) is 5.91 Å². The molecular weight excluding hydrogens is 380 g/mol.